The molecule has 48 valence electrons. The normalized spacial score (nSPS) is 9.56. The second-order valence-electron chi connectivity index (χ2n) is 1.81. The molecule has 0 N–H and O–H groups in total. The minimum absolute atomic E-state index is 0.0498. The number of aromatic nitrogens is 1. The van der Waals surface area contributed by atoms with Crippen LogP contribution in [0.4, 0.5) is 0 Å². The van der Waals surface area contributed by atoms with Crippen molar-refractivity contribution < 1.29 is 4.79 Å². The van der Waals surface area contributed by atoms with Crippen molar-refractivity contribution in [2.45, 2.75) is 13.8 Å². The molecule has 0 fully saturated rings. The van der Waals surface area contributed by atoms with Crippen LogP contribution in [-0.4, -0.2) is 10.8 Å². The summed E-state index contributed by atoms with van der Waals surface area (Å²) in [5, 5.41) is 0. The number of aryl methyl sites for hydroxylation is 1. The van der Waals surface area contributed by atoms with E-state index in [1.54, 1.807) is 5.51 Å². The van der Waals surface area contributed by atoms with Crippen LogP contribution in [0.25, 0.3) is 0 Å². The Kier molecular flexibility index (Phi) is 1.62. The summed E-state index contributed by atoms with van der Waals surface area (Å²) < 4.78 is 0. The molecular formula is C6H7NOS. The Bertz CT molecular complexity index is 229. The first-order chi connectivity index (χ1) is 4.22. The standard InChI is InChI=1S/C6H7NOS/c1-4(8)6-5(2)9-3-7-6/h3H,1-2H3. The van der Waals surface area contributed by atoms with Crippen molar-refractivity contribution in [1.82, 2.24) is 4.98 Å². The minimum atomic E-state index is 0.0498. The molecule has 0 aliphatic rings. The molecular weight excluding hydrogens is 134 g/mol. The Balaban J connectivity index is 3.08. The van der Waals surface area contributed by atoms with E-state index in [-0.39, 0.29) is 5.78 Å². The maximum atomic E-state index is 10.7. The lowest BCUT2D eigenvalue weighted by molar-refractivity contribution is 0.101. The number of carbonyl (C=O) groups excluding carboxylic acids is 1. The average molecular weight is 141 g/mol. The molecule has 0 bridgehead atoms. The van der Waals surface area contributed by atoms with Crippen LogP contribution in [0.15, 0.2) is 5.51 Å². The lowest BCUT2D eigenvalue weighted by Crippen LogP contribution is -1.93. The van der Waals surface area contributed by atoms with Gasteiger partial charge in [-0.2, -0.15) is 0 Å². The molecule has 0 aliphatic heterocycles. The predicted molar refractivity (Wildman–Crippen MR) is 36.9 cm³/mol. The molecule has 2 nitrogen and oxygen atoms in total. The van der Waals surface area contributed by atoms with E-state index in [0.29, 0.717) is 5.69 Å². The van der Waals surface area contributed by atoms with Gasteiger partial charge in [-0.1, -0.05) is 0 Å². The quantitative estimate of drug-likeness (QED) is 0.557. The third-order valence-electron chi connectivity index (χ3n) is 1.08. The zero-order chi connectivity index (χ0) is 6.85. The predicted octanol–water partition coefficient (Wildman–Crippen LogP) is 1.65. The van der Waals surface area contributed by atoms with Crippen LogP contribution in [0.2, 0.25) is 0 Å². The van der Waals surface area contributed by atoms with Crippen molar-refractivity contribution in [3.05, 3.63) is 16.1 Å². The molecule has 1 aromatic rings. The highest BCUT2D eigenvalue weighted by Gasteiger charge is 2.04. The van der Waals surface area contributed by atoms with Gasteiger partial charge in [0.25, 0.3) is 0 Å². The van der Waals surface area contributed by atoms with Gasteiger partial charge in [-0.05, 0) is 6.92 Å². The summed E-state index contributed by atoms with van der Waals surface area (Å²) in [4.78, 5) is 15.6. The highest BCUT2D eigenvalue weighted by molar-refractivity contribution is 7.09. The summed E-state index contributed by atoms with van der Waals surface area (Å²) in [7, 11) is 0. The van der Waals surface area contributed by atoms with Gasteiger partial charge >= 0.3 is 0 Å². The second kappa shape index (κ2) is 2.27. The molecule has 3 heteroatoms. The highest BCUT2D eigenvalue weighted by Crippen LogP contribution is 2.10. The fourth-order valence-corrected chi connectivity index (χ4v) is 1.27. The minimum Gasteiger partial charge on any atom is -0.293 e. The van der Waals surface area contributed by atoms with Gasteiger partial charge in [0.1, 0.15) is 5.69 Å². The first-order valence-electron chi connectivity index (χ1n) is 2.63. The topological polar surface area (TPSA) is 30.0 Å². The van der Waals surface area contributed by atoms with Gasteiger partial charge < -0.3 is 0 Å². The van der Waals surface area contributed by atoms with E-state index in [9.17, 15) is 4.79 Å². The van der Waals surface area contributed by atoms with E-state index in [1.165, 1.54) is 18.3 Å². The number of hydrogen-bond acceptors (Lipinski definition) is 3. The fourth-order valence-electron chi connectivity index (χ4n) is 0.644. The fraction of sp³-hybridized carbons (Fsp3) is 0.333. The Morgan fingerprint density at radius 3 is 2.67 bits per heavy atom. The summed E-state index contributed by atoms with van der Waals surface area (Å²) in [5.41, 5.74) is 2.30. The van der Waals surface area contributed by atoms with Crippen LogP contribution >= 0.6 is 11.3 Å². The van der Waals surface area contributed by atoms with Gasteiger partial charge in [-0.25, -0.2) is 4.98 Å². The lowest BCUT2D eigenvalue weighted by atomic mass is 10.3. The molecule has 9 heavy (non-hydrogen) atoms. The number of nitrogens with zero attached hydrogens (tertiary/aromatic N) is 1. The summed E-state index contributed by atoms with van der Waals surface area (Å²) in [6.07, 6.45) is 0. The maximum Gasteiger partial charge on any atom is 0.179 e. The first kappa shape index (κ1) is 6.42. The first-order valence-corrected chi connectivity index (χ1v) is 3.51. The number of Topliss-reactive ketones (excluding diaryl/α,β-unsaturated/α-hetero) is 1. The van der Waals surface area contributed by atoms with Gasteiger partial charge in [0.05, 0.1) is 5.51 Å². The van der Waals surface area contributed by atoms with E-state index in [0.717, 1.165) is 4.88 Å². The number of ketones is 1. The van der Waals surface area contributed by atoms with Gasteiger partial charge in [-0.3, -0.25) is 4.79 Å². The van der Waals surface area contributed by atoms with E-state index in [1.807, 2.05) is 6.92 Å². The van der Waals surface area contributed by atoms with E-state index < -0.39 is 0 Å². The number of thiazole rings is 1. The molecule has 1 heterocycles. The molecule has 0 radical (unpaired) electrons. The van der Waals surface area contributed by atoms with Crippen molar-refractivity contribution >= 4 is 17.1 Å². The van der Waals surface area contributed by atoms with Crippen molar-refractivity contribution in [2.75, 3.05) is 0 Å². The largest absolute Gasteiger partial charge is 0.293 e. The highest BCUT2D eigenvalue weighted by atomic mass is 32.1. The van der Waals surface area contributed by atoms with Crippen LogP contribution in [0, 0.1) is 6.92 Å². The molecule has 0 spiro atoms. The third kappa shape index (κ3) is 1.16. The summed E-state index contributed by atoms with van der Waals surface area (Å²) in [5.74, 6) is 0.0498. The Labute approximate surface area is 57.5 Å². The van der Waals surface area contributed by atoms with Crippen LogP contribution in [0.1, 0.15) is 22.3 Å². The molecule has 0 aromatic carbocycles. The lowest BCUT2D eigenvalue weighted by Gasteiger charge is -1.85. The number of rotatable bonds is 1. The van der Waals surface area contributed by atoms with Crippen LogP contribution < -0.4 is 0 Å². The zero-order valence-electron chi connectivity index (χ0n) is 5.34. The molecule has 0 atom stereocenters. The van der Waals surface area contributed by atoms with Gasteiger partial charge in [0.15, 0.2) is 5.78 Å². The monoisotopic (exact) mass is 141 g/mol. The number of carbonyl (C=O) groups is 1. The second-order valence-corrected chi connectivity index (χ2v) is 2.87. The smallest absolute Gasteiger partial charge is 0.179 e. The summed E-state index contributed by atoms with van der Waals surface area (Å²) >= 11 is 1.50. The Morgan fingerprint density at radius 1 is 1.78 bits per heavy atom. The Hall–Kier alpha value is -0.700. The summed E-state index contributed by atoms with van der Waals surface area (Å²) in [6, 6.07) is 0. The van der Waals surface area contributed by atoms with Crippen LogP contribution in [0.3, 0.4) is 0 Å². The van der Waals surface area contributed by atoms with Crippen molar-refractivity contribution in [3.63, 3.8) is 0 Å². The van der Waals surface area contributed by atoms with Crippen molar-refractivity contribution in [2.24, 2.45) is 0 Å². The molecule has 1 aromatic heterocycles. The third-order valence-corrected chi connectivity index (χ3v) is 1.84. The van der Waals surface area contributed by atoms with E-state index in [2.05, 4.69) is 4.98 Å². The van der Waals surface area contributed by atoms with Crippen molar-refractivity contribution in [1.29, 1.82) is 0 Å². The molecule has 0 aliphatic carbocycles. The molecule has 0 saturated carbocycles. The van der Waals surface area contributed by atoms with Crippen LogP contribution in [-0.2, 0) is 0 Å². The molecule has 0 unspecified atom stereocenters. The van der Waals surface area contributed by atoms with Gasteiger partial charge in [-0.15, -0.1) is 11.3 Å². The molecule has 1 rings (SSSR count). The van der Waals surface area contributed by atoms with Gasteiger partial charge in [0.2, 0.25) is 0 Å². The van der Waals surface area contributed by atoms with Gasteiger partial charge in [0, 0.05) is 11.8 Å². The number of hydrogen-bond donors (Lipinski definition) is 0. The van der Waals surface area contributed by atoms with E-state index in [4.69, 9.17) is 0 Å². The summed E-state index contributed by atoms with van der Waals surface area (Å²) in [6.45, 7) is 3.43. The molecule has 0 saturated heterocycles. The zero-order valence-corrected chi connectivity index (χ0v) is 6.16. The Morgan fingerprint density at radius 2 is 2.44 bits per heavy atom. The SMILES string of the molecule is CC(=O)c1ncsc1C. The maximum absolute atomic E-state index is 10.7. The van der Waals surface area contributed by atoms with Crippen molar-refractivity contribution in [3.8, 4) is 0 Å². The van der Waals surface area contributed by atoms with E-state index >= 15 is 0 Å². The van der Waals surface area contributed by atoms with Crippen LogP contribution in [0.5, 0.6) is 0 Å². The average Bonchev–Trinajstić information content (AvgIpc) is 2.13. The molecule has 0 amide bonds.